The number of hydrogen-bond acceptors (Lipinski definition) is 5. The Bertz CT molecular complexity index is 1050. The number of nitrogens with zero attached hydrogens (tertiary/aromatic N) is 1. The number of hydrazone groups is 1. The van der Waals surface area contributed by atoms with Crippen LogP contribution in [0.4, 0.5) is 0 Å². The van der Waals surface area contributed by atoms with Crippen LogP contribution in [0, 0.1) is 10.5 Å². The van der Waals surface area contributed by atoms with Gasteiger partial charge in [-0.3, -0.25) is 4.79 Å². The number of carbonyl (C=O) groups excluding carboxylic acids is 2. The van der Waals surface area contributed by atoms with E-state index >= 15 is 0 Å². The van der Waals surface area contributed by atoms with Crippen molar-refractivity contribution >= 4 is 40.7 Å². The second-order valence-corrected chi connectivity index (χ2v) is 7.50. The topological polar surface area (TPSA) is 77.0 Å². The van der Waals surface area contributed by atoms with E-state index in [-0.39, 0.29) is 12.5 Å². The van der Waals surface area contributed by atoms with E-state index in [2.05, 4.69) is 33.1 Å². The molecule has 0 aliphatic carbocycles. The Morgan fingerprint density at radius 2 is 1.63 bits per heavy atom. The molecular weight excluding hydrogens is 495 g/mol. The maximum Gasteiger partial charge on any atom is 0.344 e. The van der Waals surface area contributed by atoms with E-state index in [0.717, 1.165) is 14.7 Å². The van der Waals surface area contributed by atoms with Gasteiger partial charge in [0.25, 0.3) is 5.91 Å². The smallest absolute Gasteiger partial charge is 0.344 e. The lowest BCUT2D eigenvalue weighted by Gasteiger charge is -2.06. The highest BCUT2D eigenvalue weighted by atomic mass is 127. The number of benzene rings is 3. The van der Waals surface area contributed by atoms with E-state index < -0.39 is 5.97 Å². The standard InChI is InChI=1S/C23H19IN2O4/c1-16-6-10-18(11-7-16)29-15-22(27)26-25-14-17-8-12-19(13-9-17)30-23(28)20-4-2-3-5-21(20)24/h2-14H,15H2,1H3,(H,26,27)/b25-14-. The van der Waals surface area contributed by atoms with Crippen LogP contribution in [0.5, 0.6) is 11.5 Å². The van der Waals surface area contributed by atoms with Gasteiger partial charge in [-0.25, -0.2) is 10.2 Å². The molecule has 0 bridgehead atoms. The molecule has 0 aliphatic heterocycles. The number of amides is 1. The van der Waals surface area contributed by atoms with Crippen molar-refractivity contribution in [3.8, 4) is 11.5 Å². The average Bonchev–Trinajstić information content (AvgIpc) is 2.75. The number of nitrogens with one attached hydrogen (secondary N) is 1. The van der Waals surface area contributed by atoms with Gasteiger partial charge >= 0.3 is 5.97 Å². The predicted molar refractivity (Wildman–Crippen MR) is 123 cm³/mol. The summed E-state index contributed by atoms with van der Waals surface area (Å²) in [5.41, 5.74) is 4.78. The maximum atomic E-state index is 12.2. The van der Waals surface area contributed by atoms with E-state index in [1.807, 2.05) is 31.2 Å². The lowest BCUT2D eigenvalue weighted by atomic mass is 10.2. The summed E-state index contributed by atoms with van der Waals surface area (Å²) in [5, 5.41) is 3.90. The molecule has 152 valence electrons. The number of rotatable bonds is 7. The Labute approximate surface area is 188 Å². The Kier molecular flexibility index (Phi) is 7.56. The van der Waals surface area contributed by atoms with Gasteiger partial charge in [0.2, 0.25) is 0 Å². The predicted octanol–water partition coefficient (Wildman–Crippen LogP) is 4.35. The molecule has 3 rings (SSSR count). The van der Waals surface area contributed by atoms with Gasteiger partial charge in [-0.2, -0.15) is 5.10 Å². The van der Waals surface area contributed by atoms with Crippen molar-refractivity contribution in [2.75, 3.05) is 6.61 Å². The first kappa shape index (κ1) is 21.5. The van der Waals surface area contributed by atoms with E-state index in [9.17, 15) is 9.59 Å². The molecule has 0 spiro atoms. The average molecular weight is 514 g/mol. The fraction of sp³-hybridized carbons (Fsp3) is 0.0870. The molecule has 0 heterocycles. The summed E-state index contributed by atoms with van der Waals surface area (Å²) in [7, 11) is 0. The molecule has 6 nitrogen and oxygen atoms in total. The molecule has 7 heteroatoms. The van der Waals surface area contributed by atoms with Gasteiger partial charge in [0, 0.05) is 3.57 Å². The van der Waals surface area contributed by atoms with Crippen LogP contribution < -0.4 is 14.9 Å². The Hall–Kier alpha value is -3.20. The van der Waals surface area contributed by atoms with Gasteiger partial charge in [0.05, 0.1) is 11.8 Å². The third-order valence-corrected chi connectivity index (χ3v) is 4.92. The summed E-state index contributed by atoms with van der Waals surface area (Å²) in [6.45, 7) is 1.85. The molecule has 0 saturated heterocycles. The second kappa shape index (κ2) is 10.5. The van der Waals surface area contributed by atoms with Gasteiger partial charge in [0.1, 0.15) is 11.5 Å². The van der Waals surface area contributed by atoms with Gasteiger partial charge in [-0.05, 0) is 83.6 Å². The zero-order valence-electron chi connectivity index (χ0n) is 16.2. The van der Waals surface area contributed by atoms with Crippen LogP contribution in [0.3, 0.4) is 0 Å². The van der Waals surface area contributed by atoms with Crippen molar-refractivity contribution in [1.82, 2.24) is 5.43 Å². The number of aryl methyl sites for hydroxylation is 1. The number of hydrogen-bond donors (Lipinski definition) is 1. The van der Waals surface area contributed by atoms with Crippen molar-refractivity contribution in [2.45, 2.75) is 6.92 Å². The minimum Gasteiger partial charge on any atom is -0.484 e. The molecule has 0 unspecified atom stereocenters. The highest BCUT2D eigenvalue weighted by Crippen LogP contribution is 2.17. The minimum absolute atomic E-state index is 0.131. The Morgan fingerprint density at radius 3 is 2.33 bits per heavy atom. The molecule has 3 aromatic carbocycles. The molecule has 1 amide bonds. The third kappa shape index (κ3) is 6.41. The van der Waals surface area contributed by atoms with E-state index in [4.69, 9.17) is 9.47 Å². The molecule has 3 aromatic rings. The van der Waals surface area contributed by atoms with Crippen molar-refractivity contribution in [2.24, 2.45) is 5.10 Å². The first-order chi connectivity index (χ1) is 14.5. The second-order valence-electron chi connectivity index (χ2n) is 6.33. The van der Waals surface area contributed by atoms with Crippen LogP contribution in [0.1, 0.15) is 21.5 Å². The molecule has 0 aliphatic rings. The van der Waals surface area contributed by atoms with Gasteiger partial charge in [0.15, 0.2) is 6.61 Å². The number of halogens is 1. The summed E-state index contributed by atoms with van der Waals surface area (Å²) in [6.07, 6.45) is 1.50. The molecule has 0 saturated carbocycles. The quantitative estimate of drug-likeness (QED) is 0.167. The lowest BCUT2D eigenvalue weighted by Crippen LogP contribution is -2.24. The van der Waals surface area contributed by atoms with Crippen LogP contribution in [0.25, 0.3) is 0 Å². The number of esters is 1. The van der Waals surface area contributed by atoms with E-state index in [1.54, 1.807) is 48.5 Å². The van der Waals surface area contributed by atoms with Crippen molar-refractivity contribution in [3.05, 3.63) is 93.1 Å². The van der Waals surface area contributed by atoms with Crippen molar-refractivity contribution < 1.29 is 19.1 Å². The molecular formula is C23H19IN2O4. The minimum atomic E-state index is -0.415. The monoisotopic (exact) mass is 514 g/mol. The van der Waals surface area contributed by atoms with Gasteiger partial charge in [-0.1, -0.05) is 29.8 Å². The van der Waals surface area contributed by atoms with E-state index in [0.29, 0.717) is 17.1 Å². The van der Waals surface area contributed by atoms with Gasteiger partial charge in [-0.15, -0.1) is 0 Å². The highest BCUT2D eigenvalue weighted by molar-refractivity contribution is 14.1. The first-order valence-corrected chi connectivity index (χ1v) is 10.2. The molecule has 30 heavy (non-hydrogen) atoms. The van der Waals surface area contributed by atoms with Crippen LogP contribution in [0.2, 0.25) is 0 Å². The molecule has 0 fully saturated rings. The summed E-state index contributed by atoms with van der Waals surface area (Å²) >= 11 is 2.09. The zero-order chi connectivity index (χ0) is 21.3. The molecule has 0 atom stereocenters. The maximum absolute atomic E-state index is 12.2. The third-order valence-electron chi connectivity index (χ3n) is 3.98. The summed E-state index contributed by atoms with van der Waals surface area (Å²) in [6, 6.07) is 21.4. The molecule has 0 aromatic heterocycles. The van der Waals surface area contributed by atoms with Gasteiger partial charge < -0.3 is 9.47 Å². The first-order valence-electron chi connectivity index (χ1n) is 9.09. The normalized spacial score (nSPS) is 10.6. The van der Waals surface area contributed by atoms with Crippen LogP contribution in [-0.2, 0) is 4.79 Å². The van der Waals surface area contributed by atoms with Crippen LogP contribution >= 0.6 is 22.6 Å². The molecule has 0 radical (unpaired) electrons. The number of carbonyl (C=O) groups is 2. The van der Waals surface area contributed by atoms with Crippen LogP contribution in [-0.4, -0.2) is 24.7 Å². The summed E-state index contributed by atoms with van der Waals surface area (Å²) in [5.74, 6) is 0.263. The Balaban J connectivity index is 1.47. The van der Waals surface area contributed by atoms with E-state index in [1.165, 1.54) is 6.21 Å². The lowest BCUT2D eigenvalue weighted by molar-refractivity contribution is -0.123. The highest BCUT2D eigenvalue weighted by Gasteiger charge is 2.11. The molecule has 1 N–H and O–H groups in total. The zero-order valence-corrected chi connectivity index (χ0v) is 18.3. The van der Waals surface area contributed by atoms with Crippen molar-refractivity contribution in [1.29, 1.82) is 0 Å². The SMILES string of the molecule is Cc1ccc(OCC(=O)N/N=C\c2ccc(OC(=O)c3ccccc3I)cc2)cc1. The fourth-order valence-corrected chi connectivity index (χ4v) is 3.01. The van der Waals surface area contributed by atoms with Crippen molar-refractivity contribution in [3.63, 3.8) is 0 Å². The summed E-state index contributed by atoms with van der Waals surface area (Å²) in [4.78, 5) is 24.0. The van der Waals surface area contributed by atoms with Crippen LogP contribution in [0.15, 0.2) is 77.9 Å². The number of ether oxygens (including phenoxy) is 2. The fourth-order valence-electron chi connectivity index (χ4n) is 2.41. The largest absolute Gasteiger partial charge is 0.484 e. The summed E-state index contributed by atoms with van der Waals surface area (Å²) < 4.78 is 11.6. The Morgan fingerprint density at radius 1 is 0.967 bits per heavy atom.